The minimum absolute atomic E-state index is 0.243. The summed E-state index contributed by atoms with van der Waals surface area (Å²) < 4.78 is 5.66. The molecule has 3 unspecified atom stereocenters. The van der Waals surface area contributed by atoms with Gasteiger partial charge in [-0.3, -0.25) is 0 Å². The van der Waals surface area contributed by atoms with Crippen molar-refractivity contribution in [1.82, 2.24) is 0 Å². The third-order valence-electron chi connectivity index (χ3n) is 7.18. The van der Waals surface area contributed by atoms with E-state index in [4.69, 9.17) is 4.74 Å². The lowest BCUT2D eigenvalue weighted by Crippen LogP contribution is -2.50. The van der Waals surface area contributed by atoms with Gasteiger partial charge < -0.3 is 4.74 Å². The van der Waals surface area contributed by atoms with Gasteiger partial charge in [0.25, 0.3) is 0 Å². The van der Waals surface area contributed by atoms with Crippen molar-refractivity contribution in [3.8, 4) is 5.75 Å². The lowest BCUT2D eigenvalue weighted by Gasteiger charge is -2.55. The van der Waals surface area contributed by atoms with Crippen LogP contribution in [0.1, 0.15) is 63.6 Å². The minimum atomic E-state index is 0.243. The first kappa shape index (κ1) is 16.6. The highest BCUT2D eigenvalue weighted by Crippen LogP contribution is 2.58. The third-order valence-corrected chi connectivity index (χ3v) is 7.18. The average molecular weight is 312 g/mol. The van der Waals surface area contributed by atoms with Crippen LogP contribution in [0.4, 0.5) is 0 Å². The molecule has 1 aromatic carbocycles. The Labute approximate surface area is 142 Å². The number of rotatable bonds is 2. The number of methoxy groups -OCH3 is 1. The van der Waals surface area contributed by atoms with E-state index >= 15 is 0 Å². The number of hydrogen-bond donors (Lipinski definition) is 0. The number of allylic oxidation sites excluding steroid dienone is 2. The molecule has 1 saturated carbocycles. The summed E-state index contributed by atoms with van der Waals surface area (Å²) in [5, 5.41) is 0. The lowest BCUT2D eigenvalue weighted by atomic mass is 9.49. The highest BCUT2D eigenvalue weighted by Gasteiger charge is 2.51. The molecular weight excluding hydrogens is 280 g/mol. The predicted molar refractivity (Wildman–Crippen MR) is 98.2 cm³/mol. The van der Waals surface area contributed by atoms with E-state index in [9.17, 15) is 0 Å². The van der Waals surface area contributed by atoms with Gasteiger partial charge in [-0.05, 0) is 73.6 Å². The van der Waals surface area contributed by atoms with E-state index in [1.165, 1.54) is 31.2 Å². The van der Waals surface area contributed by atoms with Crippen LogP contribution in [0.25, 0.3) is 0 Å². The van der Waals surface area contributed by atoms with Gasteiger partial charge >= 0.3 is 0 Å². The molecule has 0 amide bonds. The van der Waals surface area contributed by atoms with E-state index in [-0.39, 0.29) is 5.41 Å². The molecule has 23 heavy (non-hydrogen) atoms. The first-order valence-electron chi connectivity index (χ1n) is 9.30. The topological polar surface area (TPSA) is 9.23 Å². The molecule has 1 fully saturated rings. The van der Waals surface area contributed by atoms with Crippen LogP contribution in [0.2, 0.25) is 0 Å². The highest BCUT2D eigenvalue weighted by molar-refractivity contribution is 5.52. The van der Waals surface area contributed by atoms with Gasteiger partial charge in [0.2, 0.25) is 0 Å². The molecule has 2 aliphatic carbocycles. The standard InChI is InChI=1S/C22H32O/c1-7-16-9-11-19-17(8-2)13-18-10-12-20(23-6)14(3)21(18)22(19,5)15(16)4/h7,10,12,15,17,19H,8-9,11,13H2,1-6H3/b16-7-/t15?,17-,19?,22?/m1/s1. The molecular formula is C22H32O. The summed E-state index contributed by atoms with van der Waals surface area (Å²) in [6.45, 7) is 11.9. The maximum Gasteiger partial charge on any atom is 0.122 e. The molecule has 0 N–H and O–H groups in total. The van der Waals surface area contributed by atoms with Gasteiger partial charge in [-0.25, -0.2) is 0 Å². The Morgan fingerprint density at radius 3 is 2.70 bits per heavy atom. The van der Waals surface area contributed by atoms with Gasteiger partial charge in [0.05, 0.1) is 7.11 Å². The van der Waals surface area contributed by atoms with Gasteiger partial charge in [0.15, 0.2) is 0 Å². The normalized spacial score (nSPS) is 34.9. The smallest absolute Gasteiger partial charge is 0.122 e. The van der Waals surface area contributed by atoms with Crippen LogP contribution in [0.5, 0.6) is 5.75 Å². The molecule has 3 rings (SSSR count). The van der Waals surface area contributed by atoms with Crippen molar-refractivity contribution in [3.05, 3.63) is 40.5 Å². The monoisotopic (exact) mass is 312 g/mol. The molecule has 0 saturated heterocycles. The molecule has 0 aromatic heterocycles. The lowest BCUT2D eigenvalue weighted by molar-refractivity contribution is 0.0957. The van der Waals surface area contributed by atoms with E-state index in [1.54, 1.807) is 23.8 Å². The van der Waals surface area contributed by atoms with E-state index in [0.29, 0.717) is 5.92 Å². The average Bonchev–Trinajstić information content (AvgIpc) is 2.55. The zero-order valence-corrected chi connectivity index (χ0v) is 15.7. The maximum atomic E-state index is 5.66. The van der Waals surface area contributed by atoms with E-state index in [1.807, 2.05) is 0 Å². The summed E-state index contributed by atoms with van der Waals surface area (Å²) in [5.74, 6) is 3.29. The van der Waals surface area contributed by atoms with Crippen LogP contribution in [-0.4, -0.2) is 7.11 Å². The second-order valence-corrected chi connectivity index (χ2v) is 7.81. The molecule has 0 heterocycles. The number of ether oxygens (including phenoxy) is 1. The van der Waals surface area contributed by atoms with Gasteiger partial charge in [-0.2, -0.15) is 0 Å². The van der Waals surface area contributed by atoms with Crippen LogP contribution in [0, 0.1) is 24.7 Å². The quantitative estimate of drug-likeness (QED) is 0.624. The molecule has 1 heteroatoms. The van der Waals surface area contributed by atoms with Gasteiger partial charge in [-0.15, -0.1) is 0 Å². The van der Waals surface area contributed by atoms with Crippen LogP contribution in [0.3, 0.4) is 0 Å². The summed E-state index contributed by atoms with van der Waals surface area (Å²) in [7, 11) is 1.80. The minimum Gasteiger partial charge on any atom is -0.496 e. The molecule has 1 nitrogen and oxygen atoms in total. The van der Waals surface area contributed by atoms with E-state index in [0.717, 1.165) is 17.6 Å². The number of benzene rings is 1. The van der Waals surface area contributed by atoms with Crippen LogP contribution < -0.4 is 4.74 Å². The molecule has 126 valence electrons. The van der Waals surface area contributed by atoms with Crippen molar-refractivity contribution in [1.29, 1.82) is 0 Å². The fourth-order valence-corrected chi connectivity index (χ4v) is 5.81. The van der Waals surface area contributed by atoms with Crippen LogP contribution in [-0.2, 0) is 11.8 Å². The first-order valence-corrected chi connectivity index (χ1v) is 9.30. The Kier molecular flexibility index (Phi) is 4.33. The van der Waals surface area contributed by atoms with Crippen LogP contribution >= 0.6 is 0 Å². The molecule has 0 spiro atoms. The second-order valence-electron chi connectivity index (χ2n) is 7.81. The fraction of sp³-hybridized carbons (Fsp3) is 0.636. The van der Waals surface area contributed by atoms with Gasteiger partial charge in [-0.1, -0.05) is 44.9 Å². The molecule has 4 atom stereocenters. The third kappa shape index (κ3) is 2.27. The zero-order chi connectivity index (χ0) is 16.8. The molecule has 0 aliphatic heterocycles. The largest absolute Gasteiger partial charge is 0.496 e. The molecule has 1 aromatic rings. The summed E-state index contributed by atoms with van der Waals surface area (Å²) >= 11 is 0. The Morgan fingerprint density at radius 2 is 2.09 bits per heavy atom. The predicted octanol–water partition coefficient (Wildman–Crippen LogP) is 5.84. The first-order chi connectivity index (χ1) is 11.0. The second kappa shape index (κ2) is 6.00. The Bertz CT molecular complexity index is 627. The van der Waals surface area contributed by atoms with Crippen molar-refractivity contribution in [2.75, 3.05) is 7.11 Å². The van der Waals surface area contributed by atoms with Gasteiger partial charge in [0.1, 0.15) is 5.75 Å². The summed E-state index contributed by atoms with van der Waals surface area (Å²) in [6, 6.07) is 4.51. The Balaban J connectivity index is 2.25. The van der Waals surface area contributed by atoms with Crippen molar-refractivity contribution in [3.63, 3.8) is 0 Å². The van der Waals surface area contributed by atoms with Gasteiger partial charge in [0, 0.05) is 5.41 Å². The summed E-state index contributed by atoms with van der Waals surface area (Å²) in [4.78, 5) is 0. The molecule has 2 aliphatic rings. The zero-order valence-electron chi connectivity index (χ0n) is 15.7. The maximum absolute atomic E-state index is 5.66. The van der Waals surface area contributed by atoms with Crippen molar-refractivity contribution in [2.24, 2.45) is 17.8 Å². The Hall–Kier alpha value is -1.24. The fourth-order valence-electron chi connectivity index (χ4n) is 5.81. The van der Waals surface area contributed by atoms with Crippen molar-refractivity contribution >= 4 is 0 Å². The summed E-state index contributed by atoms with van der Waals surface area (Å²) in [5.41, 5.74) is 6.42. The molecule has 0 radical (unpaired) electrons. The van der Waals surface area contributed by atoms with E-state index in [2.05, 4.69) is 52.8 Å². The molecule has 0 bridgehead atoms. The Morgan fingerprint density at radius 1 is 1.35 bits per heavy atom. The number of hydrogen-bond acceptors (Lipinski definition) is 1. The number of fused-ring (bicyclic) bond motifs is 3. The summed E-state index contributed by atoms with van der Waals surface area (Å²) in [6.07, 6.45) is 7.54. The highest BCUT2D eigenvalue weighted by atomic mass is 16.5. The van der Waals surface area contributed by atoms with Crippen LogP contribution in [0.15, 0.2) is 23.8 Å². The van der Waals surface area contributed by atoms with Crippen molar-refractivity contribution < 1.29 is 4.74 Å². The van der Waals surface area contributed by atoms with E-state index < -0.39 is 0 Å². The van der Waals surface area contributed by atoms with Crippen molar-refractivity contribution in [2.45, 2.75) is 65.7 Å². The SMILES string of the molecule is C/C=C1/CCC2[C@H](CC)Cc3ccc(OC)c(C)c3C2(C)C1C.